The van der Waals surface area contributed by atoms with Crippen molar-refractivity contribution in [3.05, 3.63) is 77.8 Å². The molecular weight excluding hydrogens is 487 g/mol. The van der Waals surface area contributed by atoms with Crippen LogP contribution in [0.3, 0.4) is 0 Å². The van der Waals surface area contributed by atoms with Crippen LogP contribution in [0.4, 0.5) is 11.4 Å². The van der Waals surface area contributed by atoms with Gasteiger partial charge in [0.05, 0.1) is 9.85 Å². The maximum absolute atomic E-state index is 11.6. The highest BCUT2D eigenvalue weighted by Crippen LogP contribution is 2.64. The Labute approximate surface area is 204 Å². The van der Waals surface area contributed by atoms with Crippen molar-refractivity contribution in [1.29, 1.82) is 0 Å². The third-order valence-corrected chi connectivity index (χ3v) is 8.55. The Hall–Kier alpha value is -2.30. The molecule has 4 bridgehead atoms. The van der Waals surface area contributed by atoms with E-state index in [1.54, 1.807) is 12.1 Å². The van der Waals surface area contributed by atoms with Gasteiger partial charge in [0.15, 0.2) is 0 Å². The number of nitro benzene ring substituents is 2. The summed E-state index contributed by atoms with van der Waals surface area (Å²) in [5, 5.41) is 23.1. The fourth-order valence-electron chi connectivity index (χ4n) is 6.62. The van der Waals surface area contributed by atoms with E-state index in [9.17, 15) is 20.2 Å². The zero-order chi connectivity index (χ0) is 23.8. The van der Waals surface area contributed by atoms with Gasteiger partial charge in [0, 0.05) is 35.1 Å². The highest BCUT2D eigenvalue weighted by molar-refractivity contribution is 6.33. The fraction of sp³-hybridized carbons (Fsp3) is 0.478. The first kappa shape index (κ1) is 22.2. The van der Waals surface area contributed by atoms with Gasteiger partial charge in [-0.15, -0.1) is 0 Å². The van der Waals surface area contributed by atoms with Gasteiger partial charge in [-0.2, -0.15) is 9.78 Å². The summed E-state index contributed by atoms with van der Waals surface area (Å²) in [6, 6.07) is 8.40. The van der Waals surface area contributed by atoms with Gasteiger partial charge < -0.3 is 4.74 Å². The molecule has 0 radical (unpaired) electrons. The van der Waals surface area contributed by atoms with Crippen LogP contribution >= 0.6 is 23.2 Å². The molecule has 5 fully saturated rings. The summed E-state index contributed by atoms with van der Waals surface area (Å²) in [4.78, 5) is 34.1. The Morgan fingerprint density at radius 2 is 1.24 bits per heavy atom. The van der Waals surface area contributed by atoms with E-state index in [2.05, 4.69) is 0 Å². The van der Waals surface area contributed by atoms with E-state index in [4.69, 9.17) is 37.7 Å². The molecule has 0 amide bonds. The highest BCUT2D eigenvalue weighted by Gasteiger charge is 2.67. The molecule has 0 aromatic heterocycles. The summed E-state index contributed by atoms with van der Waals surface area (Å²) in [6.45, 7) is 0. The first-order valence-electron chi connectivity index (χ1n) is 11.2. The molecule has 2 aromatic carbocycles. The largest absolute Gasteiger partial charge is 0.304 e. The van der Waals surface area contributed by atoms with E-state index in [-0.39, 0.29) is 44.4 Å². The molecule has 2 aromatic rings. The van der Waals surface area contributed by atoms with Crippen molar-refractivity contribution in [3.63, 3.8) is 0 Å². The van der Waals surface area contributed by atoms with Crippen LogP contribution in [0.2, 0.25) is 10.0 Å². The quantitative estimate of drug-likeness (QED) is 0.277. The zero-order valence-corrected chi connectivity index (χ0v) is 19.3. The Balaban J connectivity index is 1.52. The summed E-state index contributed by atoms with van der Waals surface area (Å²) < 4.78 is 6.76. The Morgan fingerprint density at radius 1 is 0.765 bits per heavy atom. The summed E-state index contributed by atoms with van der Waals surface area (Å²) in [5.74, 6) is -1.33. The lowest BCUT2D eigenvalue weighted by Gasteiger charge is -2.57. The minimum absolute atomic E-state index is 0.0470. The molecule has 4 aliphatic carbocycles. The number of halogens is 2. The van der Waals surface area contributed by atoms with Crippen molar-refractivity contribution < 1.29 is 24.4 Å². The summed E-state index contributed by atoms with van der Waals surface area (Å²) in [6.07, 6.45) is 5.03. The van der Waals surface area contributed by atoms with Crippen molar-refractivity contribution >= 4 is 34.6 Å². The van der Waals surface area contributed by atoms with Crippen LogP contribution in [0.25, 0.3) is 0 Å². The molecule has 34 heavy (non-hydrogen) atoms. The van der Waals surface area contributed by atoms with E-state index >= 15 is 0 Å². The minimum Gasteiger partial charge on any atom is -0.304 e. The van der Waals surface area contributed by atoms with Gasteiger partial charge in [0.25, 0.3) is 17.2 Å². The number of hydrogen-bond acceptors (Lipinski definition) is 7. The second kappa shape index (κ2) is 7.60. The van der Waals surface area contributed by atoms with Gasteiger partial charge in [-0.25, -0.2) is 0 Å². The molecular formula is C23H20Cl2N2O7. The van der Waals surface area contributed by atoms with Crippen LogP contribution in [0.5, 0.6) is 0 Å². The maximum atomic E-state index is 11.6. The van der Waals surface area contributed by atoms with Crippen LogP contribution in [0.1, 0.15) is 43.2 Å². The topological polar surface area (TPSA) is 114 Å². The lowest BCUT2D eigenvalue weighted by atomic mass is 9.53. The Morgan fingerprint density at radius 3 is 1.68 bits per heavy atom. The Kier molecular flexibility index (Phi) is 4.96. The molecule has 9 nitrogen and oxygen atoms in total. The Bertz CT molecular complexity index is 1130. The van der Waals surface area contributed by atoms with Crippen molar-refractivity contribution in [2.24, 2.45) is 23.7 Å². The van der Waals surface area contributed by atoms with Crippen molar-refractivity contribution in [1.82, 2.24) is 0 Å². The van der Waals surface area contributed by atoms with Gasteiger partial charge in [0.1, 0.15) is 10.0 Å². The van der Waals surface area contributed by atoms with Crippen LogP contribution in [-0.2, 0) is 20.3 Å². The molecule has 5 aliphatic rings. The van der Waals surface area contributed by atoms with Gasteiger partial charge in [-0.3, -0.25) is 20.2 Å². The third kappa shape index (κ3) is 3.11. The van der Waals surface area contributed by atoms with Crippen LogP contribution in [0.15, 0.2) is 36.4 Å². The van der Waals surface area contributed by atoms with Gasteiger partial charge >= 0.3 is 0 Å². The maximum Gasteiger partial charge on any atom is 0.288 e. The van der Waals surface area contributed by atoms with Gasteiger partial charge in [0.2, 0.25) is 5.79 Å². The van der Waals surface area contributed by atoms with Crippen LogP contribution in [-0.4, -0.2) is 15.6 Å². The van der Waals surface area contributed by atoms with Crippen molar-refractivity contribution in [2.75, 3.05) is 0 Å². The van der Waals surface area contributed by atoms with Crippen LogP contribution in [0, 0.1) is 43.9 Å². The zero-order valence-electron chi connectivity index (χ0n) is 17.8. The molecule has 7 rings (SSSR count). The number of nitrogens with zero attached hydrogens (tertiary/aromatic N) is 2. The molecule has 1 saturated heterocycles. The molecule has 1 aliphatic heterocycles. The smallest absolute Gasteiger partial charge is 0.288 e. The normalized spacial score (nSPS) is 32.9. The van der Waals surface area contributed by atoms with E-state index in [1.807, 2.05) is 0 Å². The van der Waals surface area contributed by atoms with E-state index in [1.165, 1.54) is 30.7 Å². The number of hydrogen-bond donors (Lipinski definition) is 0. The summed E-state index contributed by atoms with van der Waals surface area (Å²) in [7, 11) is 0. The first-order chi connectivity index (χ1) is 16.2. The monoisotopic (exact) mass is 506 g/mol. The molecule has 4 saturated carbocycles. The average molecular weight is 507 g/mol. The summed E-state index contributed by atoms with van der Waals surface area (Å²) >= 11 is 12.1. The first-order valence-corrected chi connectivity index (χ1v) is 11.9. The number of rotatable bonds is 4. The lowest BCUT2D eigenvalue weighted by Crippen LogP contribution is -2.59. The number of nitro groups is 2. The van der Waals surface area contributed by atoms with E-state index in [0.29, 0.717) is 11.8 Å². The minimum atomic E-state index is -1.76. The molecule has 1 spiro atoms. The highest BCUT2D eigenvalue weighted by atomic mass is 35.5. The van der Waals surface area contributed by atoms with Gasteiger partial charge in [-0.05, 0) is 56.1 Å². The third-order valence-electron chi connectivity index (χ3n) is 7.91. The lowest BCUT2D eigenvalue weighted by molar-refractivity contribution is -0.389. The predicted octanol–water partition coefficient (Wildman–Crippen LogP) is 6.14. The second-order valence-electron chi connectivity index (χ2n) is 9.76. The molecule has 0 atom stereocenters. The molecule has 1 heterocycles. The number of benzene rings is 2. The molecule has 0 unspecified atom stereocenters. The number of ether oxygens (including phenoxy) is 1. The van der Waals surface area contributed by atoms with Crippen molar-refractivity contribution in [2.45, 2.75) is 43.7 Å². The second-order valence-corrected chi connectivity index (χ2v) is 10.6. The average Bonchev–Trinajstić information content (AvgIpc) is 3.20. The SMILES string of the molecule is O=[N+]([O-])c1cc(C2(c3ccc(Cl)c([N+](=O)[O-])c3)OOC3(O2)C2CC4CC(C2)CC3C4)ccc1Cl. The standard InChI is InChI=1S/C23H20Cl2N2O7/c24-18-3-1-14(10-20(18)26(28)29)22(15-2-4-19(25)21(11-15)27(30)31)32-23(34-33-22)16-6-12-5-13(8-16)9-17(23)7-12/h1-4,10-13,16-17H,5-9H2. The van der Waals surface area contributed by atoms with Gasteiger partial charge in [-0.1, -0.05) is 35.3 Å². The fourth-order valence-corrected chi connectivity index (χ4v) is 6.99. The molecule has 11 heteroatoms. The predicted molar refractivity (Wildman–Crippen MR) is 120 cm³/mol. The van der Waals surface area contributed by atoms with E-state index < -0.39 is 21.4 Å². The molecule has 178 valence electrons. The van der Waals surface area contributed by atoms with E-state index in [0.717, 1.165) is 25.7 Å². The molecule has 0 N–H and O–H groups in total. The van der Waals surface area contributed by atoms with Crippen LogP contribution < -0.4 is 0 Å². The summed E-state index contributed by atoms with van der Waals surface area (Å²) in [5.41, 5.74) is -0.155. The van der Waals surface area contributed by atoms with Crippen molar-refractivity contribution in [3.8, 4) is 0 Å².